The maximum Gasteiger partial charge on any atom is 0.353 e. The fourth-order valence-electron chi connectivity index (χ4n) is 7.06. The van der Waals surface area contributed by atoms with Crippen LogP contribution in [0.2, 0.25) is 0 Å². The average Bonchev–Trinajstić information content (AvgIpc) is 2.78. The Morgan fingerprint density at radius 1 is 0.938 bits per heavy atom. The van der Waals surface area contributed by atoms with E-state index in [0.717, 1.165) is 55.9 Å². The van der Waals surface area contributed by atoms with Crippen molar-refractivity contribution in [3.63, 3.8) is 0 Å². The zero-order valence-electron chi connectivity index (χ0n) is 18.2. The van der Waals surface area contributed by atoms with E-state index in [1.54, 1.807) is 6.20 Å². The van der Waals surface area contributed by atoms with Gasteiger partial charge in [-0.25, -0.2) is 15.0 Å². The van der Waals surface area contributed by atoms with Gasteiger partial charge in [-0.1, -0.05) is 6.07 Å². The van der Waals surface area contributed by atoms with Gasteiger partial charge in [-0.2, -0.15) is 0 Å². The summed E-state index contributed by atoms with van der Waals surface area (Å²) in [5.41, 5.74) is -0.0162. The number of anilines is 3. The average molecular weight is 436 g/mol. The molecule has 1 saturated heterocycles. The first-order chi connectivity index (χ1) is 15.6. The van der Waals surface area contributed by atoms with Gasteiger partial charge in [0.2, 0.25) is 11.6 Å². The first-order valence-electron chi connectivity index (χ1n) is 11.8. The molecule has 0 unspecified atom stereocenters. The maximum absolute atomic E-state index is 12.2. The molecule has 5 fully saturated rings. The molecule has 0 spiro atoms. The van der Waals surface area contributed by atoms with Crippen molar-refractivity contribution in [1.29, 1.82) is 0 Å². The summed E-state index contributed by atoms with van der Waals surface area (Å²) in [6, 6.07) is 5.88. The fraction of sp³-hybridized carbons (Fsp3) is 0.609. The second-order valence-corrected chi connectivity index (χ2v) is 10.1. The molecule has 168 valence electrons. The summed E-state index contributed by atoms with van der Waals surface area (Å²) in [5, 5.41) is 15.8. The number of hydrogen-bond acceptors (Lipinski definition) is 8. The molecule has 2 aromatic heterocycles. The predicted molar refractivity (Wildman–Crippen MR) is 122 cm³/mol. The number of nitrogens with zero attached hydrogens (tertiary/aromatic N) is 6. The van der Waals surface area contributed by atoms with Crippen LogP contribution in [0.3, 0.4) is 0 Å². The summed E-state index contributed by atoms with van der Waals surface area (Å²) in [5.74, 6) is 4.04. The lowest BCUT2D eigenvalue weighted by molar-refractivity contribution is -0.383. The maximum atomic E-state index is 12.2. The molecule has 4 saturated carbocycles. The Balaban J connectivity index is 1.24. The van der Waals surface area contributed by atoms with Crippen molar-refractivity contribution in [3.8, 4) is 0 Å². The summed E-state index contributed by atoms with van der Waals surface area (Å²) in [6.07, 6.45) is 10.6. The molecule has 0 atom stereocenters. The Bertz CT molecular complexity index is 971. The van der Waals surface area contributed by atoms with Crippen molar-refractivity contribution in [2.75, 3.05) is 41.3 Å². The Morgan fingerprint density at radius 2 is 1.59 bits per heavy atom. The summed E-state index contributed by atoms with van der Waals surface area (Å²) in [4.78, 5) is 29.3. The number of nitrogens with one attached hydrogen (secondary N) is 1. The highest BCUT2D eigenvalue weighted by Crippen LogP contribution is 2.57. The molecule has 4 aliphatic carbocycles. The number of pyridine rings is 1. The third kappa shape index (κ3) is 3.43. The summed E-state index contributed by atoms with van der Waals surface area (Å²) in [6.45, 7) is 2.81. The van der Waals surface area contributed by atoms with E-state index in [-0.39, 0.29) is 16.1 Å². The van der Waals surface area contributed by atoms with Crippen molar-refractivity contribution in [3.05, 3.63) is 40.8 Å². The van der Waals surface area contributed by atoms with Crippen LogP contribution >= 0.6 is 0 Å². The largest absolute Gasteiger partial charge is 0.359 e. The van der Waals surface area contributed by atoms with Crippen LogP contribution in [-0.4, -0.2) is 51.6 Å². The van der Waals surface area contributed by atoms with Gasteiger partial charge in [-0.3, -0.25) is 10.1 Å². The van der Waals surface area contributed by atoms with E-state index in [4.69, 9.17) is 0 Å². The number of aromatic nitrogens is 3. The van der Waals surface area contributed by atoms with Crippen LogP contribution in [0.4, 0.5) is 23.1 Å². The second-order valence-electron chi connectivity index (χ2n) is 10.1. The van der Waals surface area contributed by atoms with E-state index >= 15 is 0 Å². The first kappa shape index (κ1) is 19.7. The molecule has 2 aromatic rings. The number of rotatable bonds is 5. The fourth-order valence-corrected chi connectivity index (χ4v) is 7.06. The topological polar surface area (TPSA) is 100 Å². The molecule has 1 aliphatic heterocycles. The summed E-state index contributed by atoms with van der Waals surface area (Å²) in [7, 11) is 0. The van der Waals surface area contributed by atoms with E-state index < -0.39 is 0 Å². The molecule has 0 amide bonds. The van der Waals surface area contributed by atoms with Crippen molar-refractivity contribution < 1.29 is 4.92 Å². The van der Waals surface area contributed by atoms with E-state index in [2.05, 4.69) is 25.2 Å². The van der Waals surface area contributed by atoms with Gasteiger partial charge in [0.05, 0.1) is 4.92 Å². The minimum absolute atomic E-state index is 0.0227. The molecule has 7 rings (SSSR count). The predicted octanol–water partition coefficient (Wildman–Crippen LogP) is 3.49. The molecule has 0 radical (unpaired) electrons. The Kier molecular flexibility index (Phi) is 4.66. The smallest absolute Gasteiger partial charge is 0.353 e. The van der Waals surface area contributed by atoms with Crippen LogP contribution in [0.5, 0.6) is 0 Å². The quantitative estimate of drug-likeness (QED) is 0.563. The lowest BCUT2D eigenvalue weighted by Crippen LogP contribution is -2.55. The van der Waals surface area contributed by atoms with Crippen LogP contribution in [0.25, 0.3) is 0 Å². The van der Waals surface area contributed by atoms with Crippen LogP contribution < -0.4 is 15.1 Å². The highest BCUT2D eigenvalue weighted by atomic mass is 16.6. The first-order valence-corrected chi connectivity index (χ1v) is 11.8. The third-order valence-electron chi connectivity index (χ3n) is 7.96. The van der Waals surface area contributed by atoms with Gasteiger partial charge in [0.15, 0.2) is 0 Å². The van der Waals surface area contributed by atoms with Gasteiger partial charge < -0.3 is 15.1 Å². The highest BCUT2D eigenvalue weighted by Gasteiger charge is 2.51. The zero-order valence-corrected chi connectivity index (χ0v) is 18.2. The van der Waals surface area contributed by atoms with E-state index in [1.807, 2.05) is 23.1 Å². The van der Waals surface area contributed by atoms with E-state index in [9.17, 15) is 10.1 Å². The van der Waals surface area contributed by atoms with Gasteiger partial charge in [0.25, 0.3) is 0 Å². The molecule has 3 heterocycles. The zero-order chi connectivity index (χ0) is 21.7. The lowest BCUT2D eigenvalue weighted by atomic mass is 9.53. The second kappa shape index (κ2) is 7.56. The molecule has 5 aliphatic rings. The van der Waals surface area contributed by atoms with Crippen LogP contribution in [-0.2, 0) is 0 Å². The minimum atomic E-state index is -0.302. The SMILES string of the molecule is O=[N+]([O-])c1c(NC23CC4CC(CC(C4)C2)C3)ncnc1N1CCN(c2ccccn2)CC1. The number of hydrogen-bond donors (Lipinski definition) is 1. The normalized spacial score (nSPS) is 31.1. The third-order valence-corrected chi connectivity index (χ3v) is 7.96. The Labute approximate surface area is 187 Å². The van der Waals surface area contributed by atoms with Crippen molar-refractivity contribution in [1.82, 2.24) is 15.0 Å². The molecule has 0 aromatic carbocycles. The molecule has 32 heavy (non-hydrogen) atoms. The van der Waals surface area contributed by atoms with E-state index in [1.165, 1.54) is 25.6 Å². The van der Waals surface area contributed by atoms with Crippen molar-refractivity contribution >= 4 is 23.1 Å². The minimum Gasteiger partial charge on any atom is -0.359 e. The number of nitro groups is 1. The number of piperazine rings is 1. The van der Waals surface area contributed by atoms with Gasteiger partial charge in [0.1, 0.15) is 12.1 Å². The van der Waals surface area contributed by atoms with Gasteiger partial charge in [-0.15, -0.1) is 0 Å². The monoisotopic (exact) mass is 435 g/mol. The van der Waals surface area contributed by atoms with Crippen LogP contribution in [0.1, 0.15) is 38.5 Å². The molecule has 4 bridgehead atoms. The molecule has 1 N–H and O–H groups in total. The highest BCUT2D eigenvalue weighted by molar-refractivity contribution is 5.71. The molecule has 9 nitrogen and oxygen atoms in total. The molecule has 9 heteroatoms. The standard InChI is InChI=1S/C23H29N7O2/c31-30(32)20-21(27-23-12-16-9-17(13-23)11-18(10-16)14-23)25-15-26-22(20)29-7-5-28(6-8-29)19-3-1-2-4-24-19/h1-4,15-18H,5-14H2,(H,25,26,27). The van der Waals surface area contributed by atoms with Gasteiger partial charge >= 0.3 is 5.69 Å². The molecular formula is C23H29N7O2. The van der Waals surface area contributed by atoms with Crippen LogP contribution in [0, 0.1) is 27.9 Å². The Hall–Kier alpha value is -2.97. The Morgan fingerprint density at radius 3 is 2.19 bits per heavy atom. The lowest BCUT2D eigenvalue weighted by Gasteiger charge is -2.57. The molecular weight excluding hydrogens is 406 g/mol. The van der Waals surface area contributed by atoms with E-state index in [0.29, 0.717) is 24.7 Å². The van der Waals surface area contributed by atoms with Gasteiger partial charge in [-0.05, 0) is 68.4 Å². The van der Waals surface area contributed by atoms with Crippen molar-refractivity contribution in [2.24, 2.45) is 17.8 Å². The van der Waals surface area contributed by atoms with Crippen molar-refractivity contribution in [2.45, 2.75) is 44.1 Å². The summed E-state index contributed by atoms with van der Waals surface area (Å²) < 4.78 is 0. The van der Waals surface area contributed by atoms with Gasteiger partial charge in [0, 0.05) is 37.9 Å². The van der Waals surface area contributed by atoms with Crippen LogP contribution in [0.15, 0.2) is 30.7 Å². The summed E-state index contributed by atoms with van der Waals surface area (Å²) >= 11 is 0.